The summed E-state index contributed by atoms with van der Waals surface area (Å²) in [6, 6.07) is 10.6. The van der Waals surface area contributed by atoms with Crippen LogP contribution in [0, 0.1) is 0 Å². The van der Waals surface area contributed by atoms with Crippen LogP contribution >= 0.6 is 0 Å². The molecule has 3 rings (SSSR count). The molecule has 19 heavy (non-hydrogen) atoms. The molecule has 0 aliphatic carbocycles. The van der Waals surface area contributed by atoms with Gasteiger partial charge in [0.1, 0.15) is 0 Å². The van der Waals surface area contributed by atoms with E-state index in [-0.39, 0.29) is 0 Å². The molecule has 1 fully saturated rings. The van der Waals surface area contributed by atoms with Crippen molar-refractivity contribution in [3.8, 4) is 0 Å². The normalized spacial score (nSPS) is 16.2. The number of pyridine rings is 1. The Hall–Kier alpha value is -1.45. The second-order valence-corrected chi connectivity index (χ2v) is 5.26. The first-order valence-electron chi connectivity index (χ1n) is 7.18. The summed E-state index contributed by atoms with van der Waals surface area (Å²) in [5.41, 5.74) is 2.41. The lowest BCUT2D eigenvalue weighted by atomic mass is 10.1. The highest BCUT2D eigenvalue weighted by Crippen LogP contribution is 2.13. The second kappa shape index (κ2) is 6.13. The number of nitrogens with zero attached hydrogens (tertiary/aromatic N) is 2. The van der Waals surface area contributed by atoms with Crippen molar-refractivity contribution in [2.24, 2.45) is 0 Å². The lowest BCUT2D eigenvalue weighted by Crippen LogP contribution is -2.29. The van der Waals surface area contributed by atoms with Crippen molar-refractivity contribution >= 4 is 10.9 Å². The lowest BCUT2D eigenvalue weighted by molar-refractivity contribution is 0.335. The van der Waals surface area contributed by atoms with E-state index in [4.69, 9.17) is 0 Å². The van der Waals surface area contributed by atoms with Crippen molar-refractivity contribution in [1.82, 2.24) is 15.2 Å². The zero-order valence-corrected chi connectivity index (χ0v) is 11.3. The van der Waals surface area contributed by atoms with E-state index in [1.807, 2.05) is 12.3 Å². The van der Waals surface area contributed by atoms with E-state index in [1.165, 1.54) is 43.4 Å². The molecule has 0 radical (unpaired) electrons. The Labute approximate surface area is 114 Å². The van der Waals surface area contributed by atoms with Gasteiger partial charge in [0.15, 0.2) is 0 Å². The van der Waals surface area contributed by atoms with Crippen LogP contribution in [0.25, 0.3) is 10.9 Å². The average molecular weight is 255 g/mol. The molecule has 3 nitrogen and oxygen atoms in total. The van der Waals surface area contributed by atoms with Crippen molar-refractivity contribution in [1.29, 1.82) is 0 Å². The van der Waals surface area contributed by atoms with Crippen molar-refractivity contribution in [3.63, 3.8) is 0 Å². The molecule has 1 aliphatic heterocycles. The van der Waals surface area contributed by atoms with Crippen LogP contribution in [-0.2, 0) is 6.54 Å². The number of rotatable bonds is 5. The predicted molar refractivity (Wildman–Crippen MR) is 79.1 cm³/mol. The average Bonchev–Trinajstić information content (AvgIpc) is 2.97. The first-order valence-corrected chi connectivity index (χ1v) is 7.18. The number of aromatic nitrogens is 1. The molecule has 1 saturated heterocycles. The summed E-state index contributed by atoms with van der Waals surface area (Å²) in [4.78, 5) is 6.88. The number of likely N-dealkylation sites (tertiary alicyclic amines) is 1. The maximum absolute atomic E-state index is 4.34. The molecule has 0 atom stereocenters. The van der Waals surface area contributed by atoms with Gasteiger partial charge < -0.3 is 10.2 Å². The van der Waals surface area contributed by atoms with E-state index < -0.39 is 0 Å². The Morgan fingerprint density at radius 1 is 1.16 bits per heavy atom. The van der Waals surface area contributed by atoms with E-state index >= 15 is 0 Å². The van der Waals surface area contributed by atoms with Gasteiger partial charge in [-0.1, -0.05) is 12.1 Å². The van der Waals surface area contributed by atoms with Crippen molar-refractivity contribution in [3.05, 3.63) is 42.1 Å². The number of benzene rings is 1. The fraction of sp³-hybridized carbons (Fsp3) is 0.438. The van der Waals surface area contributed by atoms with Crippen LogP contribution in [0.15, 0.2) is 36.5 Å². The lowest BCUT2D eigenvalue weighted by Gasteiger charge is -2.14. The second-order valence-electron chi connectivity index (χ2n) is 5.26. The smallest absolute Gasteiger partial charge is 0.0702 e. The fourth-order valence-electron chi connectivity index (χ4n) is 2.71. The number of hydrogen-bond donors (Lipinski definition) is 1. The van der Waals surface area contributed by atoms with Crippen molar-refractivity contribution < 1.29 is 0 Å². The molecule has 3 heteroatoms. The van der Waals surface area contributed by atoms with Gasteiger partial charge in [-0.2, -0.15) is 0 Å². The Morgan fingerprint density at radius 3 is 2.95 bits per heavy atom. The fourth-order valence-corrected chi connectivity index (χ4v) is 2.71. The summed E-state index contributed by atoms with van der Waals surface area (Å²) in [5.74, 6) is 0. The van der Waals surface area contributed by atoms with Crippen molar-refractivity contribution in [2.75, 3.05) is 26.2 Å². The summed E-state index contributed by atoms with van der Waals surface area (Å²) in [7, 11) is 0. The monoisotopic (exact) mass is 255 g/mol. The van der Waals surface area contributed by atoms with Crippen LogP contribution in [0.5, 0.6) is 0 Å². The highest BCUT2D eigenvalue weighted by molar-refractivity contribution is 5.78. The minimum atomic E-state index is 0.943. The van der Waals surface area contributed by atoms with Gasteiger partial charge >= 0.3 is 0 Å². The molecule has 0 saturated carbocycles. The summed E-state index contributed by atoms with van der Waals surface area (Å²) < 4.78 is 0. The molecule has 2 heterocycles. The van der Waals surface area contributed by atoms with Gasteiger partial charge in [-0.25, -0.2) is 0 Å². The number of hydrogen-bond acceptors (Lipinski definition) is 3. The predicted octanol–water partition coefficient (Wildman–Crippen LogP) is 2.42. The van der Waals surface area contributed by atoms with Gasteiger partial charge in [0.2, 0.25) is 0 Å². The molecule has 2 aromatic rings. The SMILES string of the molecule is c1cnc2ccc(CNCCN3CCCC3)cc2c1. The molecule has 0 unspecified atom stereocenters. The summed E-state index contributed by atoms with van der Waals surface area (Å²) in [5, 5.41) is 4.75. The molecule has 1 N–H and O–H groups in total. The van der Waals surface area contributed by atoms with E-state index in [1.54, 1.807) is 0 Å². The summed E-state index contributed by atoms with van der Waals surface area (Å²) in [6.45, 7) is 5.76. The maximum atomic E-state index is 4.34. The highest BCUT2D eigenvalue weighted by Gasteiger charge is 2.09. The van der Waals surface area contributed by atoms with Gasteiger partial charge in [0.25, 0.3) is 0 Å². The number of nitrogens with one attached hydrogen (secondary N) is 1. The topological polar surface area (TPSA) is 28.2 Å². The Bertz CT molecular complexity index is 532. The third kappa shape index (κ3) is 3.31. The van der Waals surface area contributed by atoms with Gasteiger partial charge in [-0.05, 0) is 49.7 Å². The highest BCUT2D eigenvalue weighted by atomic mass is 15.1. The third-order valence-electron chi connectivity index (χ3n) is 3.80. The summed E-state index contributed by atoms with van der Waals surface area (Å²) >= 11 is 0. The van der Waals surface area contributed by atoms with Crippen LogP contribution < -0.4 is 5.32 Å². The van der Waals surface area contributed by atoms with E-state index in [0.717, 1.165) is 18.6 Å². The minimum absolute atomic E-state index is 0.943. The van der Waals surface area contributed by atoms with E-state index in [2.05, 4.69) is 39.5 Å². The molecular formula is C16H21N3. The quantitative estimate of drug-likeness (QED) is 0.832. The van der Waals surface area contributed by atoms with Crippen LogP contribution in [-0.4, -0.2) is 36.1 Å². The number of fused-ring (bicyclic) bond motifs is 1. The Balaban J connectivity index is 1.50. The summed E-state index contributed by atoms with van der Waals surface area (Å²) in [6.07, 6.45) is 4.59. The standard InChI is InChI=1S/C16H21N3/c1-2-10-19(9-1)11-8-17-13-14-5-6-16-15(12-14)4-3-7-18-16/h3-7,12,17H,1-2,8-11,13H2. The largest absolute Gasteiger partial charge is 0.311 e. The zero-order valence-electron chi connectivity index (χ0n) is 11.3. The van der Waals surface area contributed by atoms with Gasteiger partial charge in [-0.3, -0.25) is 4.98 Å². The molecule has 1 aromatic heterocycles. The molecule has 0 spiro atoms. The van der Waals surface area contributed by atoms with E-state index in [9.17, 15) is 0 Å². The van der Waals surface area contributed by atoms with Crippen molar-refractivity contribution in [2.45, 2.75) is 19.4 Å². The van der Waals surface area contributed by atoms with Crippen LogP contribution in [0.4, 0.5) is 0 Å². The molecular weight excluding hydrogens is 234 g/mol. The van der Waals surface area contributed by atoms with Crippen LogP contribution in [0.3, 0.4) is 0 Å². The molecule has 1 aromatic carbocycles. The van der Waals surface area contributed by atoms with Crippen LogP contribution in [0.2, 0.25) is 0 Å². The van der Waals surface area contributed by atoms with Gasteiger partial charge in [0, 0.05) is 31.2 Å². The van der Waals surface area contributed by atoms with Gasteiger partial charge in [-0.15, -0.1) is 0 Å². The third-order valence-corrected chi connectivity index (χ3v) is 3.80. The molecule has 1 aliphatic rings. The Kier molecular flexibility index (Phi) is 4.06. The maximum Gasteiger partial charge on any atom is 0.0702 e. The zero-order chi connectivity index (χ0) is 12.9. The Morgan fingerprint density at radius 2 is 2.05 bits per heavy atom. The van der Waals surface area contributed by atoms with E-state index in [0.29, 0.717) is 0 Å². The first-order chi connectivity index (χ1) is 9.42. The van der Waals surface area contributed by atoms with Crippen LogP contribution in [0.1, 0.15) is 18.4 Å². The van der Waals surface area contributed by atoms with Gasteiger partial charge in [0.05, 0.1) is 5.52 Å². The molecule has 100 valence electrons. The molecule has 0 amide bonds. The molecule has 0 bridgehead atoms. The minimum Gasteiger partial charge on any atom is -0.311 e. The first kappa shape index (κ1) is 12.6.